The highest BCUT2D eigenvalue weighted by Gasteiger charge is 2.49. The zero-order valence-corrected chi connectivity index (χ0v) is 15.9. The molecule has 1 aromatic carbocycles. The minimum atomic E-state index is -3.83. The van der Waals surface area contributed by atoms with Gasteiger partial charge in [-0.25, -0.2) is 4.98 Å². The lowest BCUT2D eigenvalue weighted by Crippen LogP contribution is -2.67. The number of fused-ring (bicyclic) bond motifs is 3. The predicted octanol–water partition coefficient (Wildman–Crippen LogP) is 2.78. The van der Waals surface area contributed by atoms with E-state index in [1.54, 1.807) is 0 Å². The lowest BCUT2D eigenvalue weighted by Gasteiger charge is -2.47. The quantitative estimate of drug-likeness (QED) is 0.668. The third-order valence-electron chi connectivity index (χ3n) is 5.30. The molecule has 2 atom stereocenters. The minimum absolute atomic E-state index is 0.117. The highest BCUT2D eigenvalue weighted by molar-refractivity contribution is 5.93. The first kappa shape index (κ1) is 18.3. The van der Waals surface area contributed by atoms with E-state index in [0.29, 0.717) is 36.8 Å². The third-order valence-corrected chi connectivity index (χ3v) is 5.30. The summed E-state index contributed by atoms with van der Waals surface area (Å²) < 4.78 is 44.9. The van der Waals surface area contributed by atoms with Gasteiger partial charge in [-0.05, 0) is 32.4 Å². The van der Waals surface area contributed by atoms with Gasteiger partial charge in [-0.1, -0.05) is 0 Å². The van der Waals surface area contributed by atoms with Crippen molar-refractivity contribution in [1.29, 1.82) is 0 Å². The van der Waals surface area contributed by atoms with Crippen LogP contribution in [0.1, 0.15) is 20.3 Å². The number of aromatic nitrogens is 2. The fourth-order valence-electron chi connectivity index (χ4n) is 3.65. The van der Waals surface area contributed by atoms with Gasteiger partial charge in [0.2, 0.25) is 5.89 Å². The molecule has 2 unspecified atom stereocenters. The highest BCUT2D eigenvalue weighted by Crippen LogP contribution is 2.40. The Labute approximate surface area is 164 Å². The van der Waals surface area contributed by atoms with Gasteiger partial charge in [0.25, 0.3) is 6.01 Å². The van der Waals surface area contributed by atoms with Crippen LogP contribution < -0.4 is 15.0 Å². The molecule has 2 bridgehead atoms. The first-order valence-corrected chi connectivity index (χ1v) is 9.35. The smallest absolute Gasteiger partial charge is 0.426 e. The van der Waals surface area contributed by atoms with E-state index in [9.17, 15) is 13.9 Å². The molecule has 8 nitrogen and oxygen atoms in total. The molecule has 0 radical (unpaired) electrons. The van der Waals surface area contributed by atoms with Crippen LogP contribution >= 0.6 is 0 Å². The van der Waals surface area contributed by atoms with Crippen molar-refractivity contribution in [3.8, 4) is 17.2 Å². The third kappa shape index (κ3) is 3.03. The molecule has 29 heavy (non-hydrogen) atoms. The number of oxazole rings is 2. The second kappa shape index (κ2) is 6.14. The second-order valence-corrected chi connectivity index (χ2v) is 8.00. The zero-order valence-electron chi connectivity index (χ0n) is 15.9. The van der Waals surface area contributed by atoms with Gasteiger partial charge in [0.05, 0.1) is 11.8 Å². The van der Waals surface area contributed by atoms with Crippen LogP contribution in [-0.4, -0.2) is 52.0 Å². The van der Waals surface area contributed by atoms with Crippen molar-refractivity contribution in [2.45, 2.75) is 44.1 Å². The molecule has 2 aromatic heterocycles. The number of hydrogen-bond acceptors (Lipinski definition) is 8. The Balaban J connectivity index is 1.60. The van der Waals surface area contributed by atoms with Gasteiger partial charge in [-0.2, -0.15) is 13.8 Å². The number of nitrogens with zero attached hydrogens (tertiary/aromatic N) is 3. The summed E-state index contributed by atoms with van der Waals surface area (Å²) >= 11 is 0. The van der Waals surface area contributed by atoms with Gasteiger partial charge in [0.15, 0.2) is 22.5 Å². The summed E-state index contributed by atoms with van der Waals surface area (Å²) in [6, 6.07) is 3.93. The molecule has 10 heteroatoms. The fraction of sp³-hybridized carbons (Fsp3) is 0.474. The Morgan fingerprint density at radius 2 is 2.00 bits per heavy atom. The molecule has 0 aliphatic carbocycles. The molecule has 0 saturated carbocycles. The van der Waals surface area contributed by atoms with Crippen LogP contribution in [0, 0.1) is 0 Å². The molecule has 3 aromatic rings. The number of piperidine rings is 1. The number of benzene rings is 1. The lowest BCUT2D eigenvalue weighted by atomic mass is 9.92. The van der Waals surface area contributed by atoms with Crippen LogP contribution in [0.15, 0.2) is 33.4 Å². The van der Waals surface area contributed by atoms with Crippen molar-refractivity contribution < 1.29 is 27.5 Å². The summed E-state index contributed by atoms with van der Waals surface area (Å²) in [6.45, 7) is 3.39. The van der Waals surface area contributed by atoms with E-state index in [4.69, 9.17) is 13.6 Å². The largest absolute Gasteiger partial charge is 0.444 e. The first-order valence-electron chi connectivity index (χ1n) is 9.35. The molecule has 0 amide bonds. The molecule has 6 rings (SSSR count). The van der Waals surface area contributed by atoms with E-state index >= 15 is 0 Å². The van der Waals surface area contributed by atoms with Gasteiger partial charge in [0, 0.05) is 25.2 Å². The van der Waals surface area contributed by atoms with Crippen LogP contribution in [0.4, 0.5) is 14.8 Å². The number of alkyl halides is 2. The van der Waals surface area contributed by atoms with Gasteiger partial charge in [-0.3, -0.25) is 0 Å². The van der Waals surface area contributed by atoms with Crippen LogP contribution in [0.2, 0.25) is 0 Å². The molecular formula is C19H20F2N4O4. The number of piperazine rings is 1. The molecule has 3 saturated heterocycles. The Morgan fingerprint density at radius 3 is 2.62 bits per heavy atom. The van der Waals surface area contributed by atoms with E-state index in [-0.39, 0.29) is 22.7 Å². The maximum Gasteiger partial charge on any atom is 0.426 e. The van der Waals surface area contributed by atoms with Crippen molar-refractivity contribution in [1.82, 2.24) is 15.3 Å². The van der Waals surface area contributed by atoms with E-state index < -0.39 is 11.7 Å². The Hall–Kier alpha value is -2.72. The predicted molar refractivity (Wildman–Crippen MR) is 98.9 cm³/mol. The Bertz CT molecular complexity index is 1030. The van der Waals surface area contributed by atoms with E-state index in [0.717, 1.165) is 20.3 Å². The molecule has 3 aliphatic heterocycles. The van der Waals surface area contributed by atoms with Gasteiger partial charge >= 0.3 is 6.11 Å². The van der Waals surface area contributed by atoms with Crippen molar-refractivity contribution in [2.24, 2.45) is 0 Å². The zero-order chi connectivity index (χ0) is 20.4. The number of ether oxygens (including phenoxy) is 1. The summed E-state index contributed by atoms with van der Waals surface area (Å²) in [5.41, 5.74) is -1.55. The van der Waals surface area contributed by atoms with Crippen LogP contribution in [0.5, 0.6) is 5.75 Å². The van der Waals surface area contributed by atoms with E-state index in [2.05, 4.69) is 15.3 Å². The van der Waals surface area contributed by atoms with Crippen molar-refractivity contribution in [2.75, 3.05) is 18.0 Å². The normalized spacial score (nSPS) is 22.0. The standard InChI is InChI=1S/C19H20F2N4O4/c1-18(2,26)19(20,21)29-13-4-3-12(16-22-5-6-27-16)15-14(13)24-17(28-15)25-8-10-7-11(9-25)23-10/h3-6,10-11,23,26H,7-9H2,1-2H3. The van der Waals surface area contributed by atoms with Crippen LogP contribution in [-0.2, 0) is 0 Å². The molecule has 3 fully saturated rings. The number of hydrogen-bond donors (Lipinski definition) is 2. The van der Waals surface area contributed by atoms with Gasteiger partial charge in [-0.15, -0.1) is 0 Å². The summed E-state index contributed by atoms with van der Waals surface area (Å²) in [5, 5.41) is 13.2. The minimum Gasteiger partial charge on any atom is -0.444 e. The average molecular weight is 406 g/mol. The Morgan fingerprint density at radius 1 is 1.28 bits per heavy atom. The van der Waals surface area contributed by atoms with Gasteiger partial charge < -0.3 is 28.9 Å². The number of halogens is 2. The Kier molecular flexibility index (Phi) is 3.88. The molecular weight excluding hydrogens is 386 g/mol. The number of aliphatic hydroxyl groups is 1. The van der Waals surface area contributed by atoms with Crippen LogP contribution in [0.25, 0.3) is 22.6 Å². The monoisotopic (exact) mass is 406 g/mol. The maximum atomic E-state index is 14.4. The number of nitrogens with one attached hydrogen (secondary N) is 1. The molecule has 154 valence electrons. The molecule has 2 N–H and O–H groups in total. The van der Waals surface area contributed by atoms with Crippen molar-refractivity contribution in [3.63, 3.8) is 0 Å². The number of rotatable bonds is 5. The summed E-state index contributed by atoms with van der Waals surface area (Å²) in [6.07, 6.45) is 0.162. The van der Waals surface area contributed by atoms with Crippen molar-refractivity contribution in [3.05, 3.63) is 24.6 Å². The topological polar surface area (TPSA) is 96.8 Å². The second-order valence-electron chi connectivity index (χ2n) is 8.00. The van der Waals surface area contributed by atoms with Crippen molar-refractivity contribution >= 4 is 17.1 Å². The maximum absolute atomic E-state index is 14.4. The lowest BCUT2D eigenvalue weighted by molar-refractivity contribution is -0.275. The average Bonchev–Trinajstić information content (AvgIpc) is 3.30. The summed E-state index contributed by atoms with van der Waals surface area (Å²) in [4.78, 5) is 10.5. The SMILES string of the molecule is CC(C)(O)C(F)(F)Oc1ccc(-c2ncco2)c2oc(N3CC4CC(C3)N4)nc12. The first-order chi connectivity index (χ1) is 13.7. The van der Waals surface area contributed by atoms with E-state index in [1.165, 1.54) is 24.6 Å². The summed E-state index contributed by atoms with van der Waals surface area (Å²) in [7, 11) is 0. The summed E-state index contributed by atoms with van der Waals surface area (Å²) in [5.74, 6) is 0.0828. The molecule has 3 aliphatic rings. The molecule has 5 heterocycles. The van der Waals surface area contributed by atoms with Crippen LogP contribution in [0.3, 0.4) is 0 Å². The number of anilines is 1. The van der Waals surface area contributed by atoms with Gasteiger partial charge in [0.1, 0.15) is 6.26 Å². The highest BCUT2D eigenvalue weighted by atomic mass is 19.3. The fourth-order valence-corrected chi connectivity index (χ4v) is 3.65. The molecule has 0 spiro atoms. The van der Waals surface area contributed by atoms with E-state index in [1.807, 2.05) is 4.90 Å².